The molecule has 2 atom stereocenters. The summed E-state index contributed by atoms with van der Waals surface area (Å²) in [5, 5.41) is 6.37. The molecular weight excluding hydrogens is 304 g/mol. The molecule has 0 aliphatic carbocycles. The summed E-state index contributed by atoms with van der Waals surface area (Å²) in [5.74, 6) is 1.62. The number of methoxy groups -OCH3 is 2. The Hall–Kier alpha value is -1.46. The van der Waals surface area contributed by atoms with Crippen LogP contribution in [0.1, 0.15) is 25.3 Å². The van der Waals surface area contributed by atoms with Crippen molar-refractivity contribution in [3.8, 4) is 11.5 Å². The topological polar surface area (TPSA) is 59.6 Å². The van der Waals surface area contributed by atoms with E-state index >= 15 is 0 Å². The molecule has 0 saturated carbocycles. The fraction of sp³-hybridized carbons (Fsp3) is 0.562. The number of hydrogen-bond donors (Lipinski definition) is 2. The van der Waals surface area contributed by atoms with E-state index in [0.29, 0.717) is 24.1 Å². The number of nitrogens with one attached hydrogen (secondary N) is 2. The molecule has 1 aliphatic rings. The van der Waals surface area contributed by atoms with Crippen LogP contribution >= 0.6 is 12.4 Å². The lowest BCUT2D eigenvalue weighted by atomic mass is 9.92. The summed E-state index contributed by atoms with van der Waals surface area (Å²) < 4.78 is 10.5. The van der Waals surface area contributed by atoms with Gasteiger partial charge in [0.25, 0.3) is 0 Å². The quantitative estimate of drug-likeness (QED) is 0.869. The third-order valence-electron chi connectivity index (χ3n) is 3.91. The molecule has 0 spiro atoms. The third-order valence-corrected chi connectivity index (χ3v) is 3.91. The second-order valence-corrected chi connectivity index (χ2v) is 5.48. The van der Waals surface area contributed by atoms with Gasteiger partial charge in [-0.3, -0.25) is 4.79 Å². The number of rotatable bonds is 5. The van der Waals surface area contributed by atoms with Crippen molar-refractivity contribution in [2.75, 3.05) is 20.8 Å². The predicted octanol–water partition coefficient (Wildman–Crippen LogP) is 2.13. The number of amides is 1. The van der Waals surface area contributed by atoms with Crippen LogP contribution in [0.15, 0.2) is 18.2 Å². The highest BCUT2D eigenvalue weighted by Crippen LogP contribution is 2.27. The highest BCUT2D eigenvalue weighted by molar-refractivity contribution is 5.85. The average Bonchev–Trinajstić information content (AvgIpc) is 2.52. The molecular formula is C16H25ClN2O3. The van der Waals surface area contributed by atoms with Crippen LogP contribution in [0, 0.1) is 5.92 Å². The Morgan fingerprint density at radius 3 is 2.68 bits per heavy atom. The van der Waals surface area contributed by atoms with Crippen LogP contribution in [0.4, 0.5) is 0 Å². The summed E-state index contributed by atoms with van der Waals surface area (Å²) in [6.45, 7) is 3.54. The molecule has 1 amide bonds. The summed E-state index contributed by atoms with van der Waals surface area (Å²) in [5.41, 5.74) is 1.00. The Balaban J connectivity index is 0.00000242. The van der Waals surface area contributed by atoms with E-state index < -0.39 is 0 Å². The number of halogens is 1. The van der Waals surface area contributed by atoms with Crippen LogP contribution in [0.25, 0.3) is 0 Å². The summed E-state index contributed by atoms with van der Waals surface area (Å²) >= 11 is 0. The van der Waals surface area contributed by atoms with Crippen molar-refractivity contribution in [3.05, 3.63) is 23.8 Å². The van der Waals surface area contributed by atoms with Gasteiger partial charge in [-0.2, -0.15) is 0 Å². The Labute approximate surface area is 138 Å². The van der Waals surface area contributed by atoms with E-state index in [9.17, 15) is 4.79 Å². The molecule has 124 valence electrons. The Bertz CT molecular complexity index is 496. The van der Waals surface area contributed by atoms with Gasteiger partial charge >= 0.3 is 0 Å². The zero-order chi connectivity index (χ0) is 15.2. The standard InChI is InChI=1S/C16H24N2O3.ClH/c1-11-8-13(6-7-17-11)16(19)18-10-12-4-5-14(20-2)15(9-12)21-3;/h4-5,9,11,13,17H,6-8,10H2,1-3H3,(H,18,19);1H/t11-,13-;/m0./s1. The fourth-order valence-electron chi connectivity index (χ4n) is 2.69. The zero-order valence-electron chi connectivity index (χ0n) is 13.3. The molecule has 0 bridgehead atoms. The number of carbonyl (C=O) groups excluding carboxylic acids is 1. The largest absolute Gasteiger partial charge is 0.493 e. The molecule has 1 aromatic carbocycles. The van der Waals surface area contributed by atoms with Gasteiger partial charge in [0.05, 0.1) is 14.2 Å². The number of benzene rings is 1. The predicted molar refractivity (Wildman–Crippen MR) is 88.8 cm³/mol. The van der Waals surface area contributed by atoms with Crippen molar-refractivity contribution in [3.63, 3.8) is 0 Å². The minimum atomic E-state index is 0. The van der Waals surface area contributed by atoms with E-state index in [1.165, 1.54) is 0 Å². The maximum atomic E-state index is 12.2. The molecule has 1 fully saturated rings. The van der Waals surface area contributed by atoms with Crippen molar-refractivity contribution >= 4 is 18.3 Å². The van der Waals surface area contributed by atoms with Crippen LogP contribution in [-0.4, -0.2) is 32.7 Å². The molecule has 6 heteroatoms. The average molecular weight is 329 g/mol. The van der Waals surface area contributed by atoms with E-state index in [4.69, 9.17) is 9.47 Å². The van der Waals surface area contributed by atoms with Gasteiger partial charge in [-0.15, -0.1) is 12.4 Å². The maximum Gasteiger partial charge on any atom is 0.223 e. The third kappa shape index (κ3) is 4.78. The minimum absolute atomic E-state index is 0. The summed E-state index contributed by atoms with van der Waals surface area (Å²) in [7, 11) is 3.22. The first-order valence-electron chi connectivity index (χ1n) is 7.36. The Kier molecular flexibility index (Phi) is 7.48. The van der Waals surface area contributed by atoms with Crippen molar-refractivity contribution in [1.82, 2.24) is 10.6 Å². The number of piperidine rings is 1. The minimum Gasteiger partial charge on any atom is -0.493 e. The maximum absolute atomic E-state index is 12.2. The van der Waals surface area contributed by atoms with Crippen molar-refractivity contribution in [2.24, 2.45) is 5.92 Å². The van der Waals surface area contributed by atoms with Crippen LogP contribution in [0.2, 0.25) is 0 Å². The van der Waals surface area contributed by atoms with Crippen LogP contribution in [-0.2, 0) is 11.3 Å². The first-order valence-corrected chi connectivity index (χ1v) is 7.36. The van der Waals surface area contributed by atoms with Crippen molar-refractivity contribution < 1.29 is 14.3 Å². The van der Waals surface area contributed by atoms with E-state index in [2.05, 4.69) is 17.6 Å². The van der Waals surface area contributed by atoms with Gasteiger partial charge in [-0.05, 0) is 44.0 Å². The molecule has 1 saturated heterocycles. The summed E-state index contributed by atoms with van der Waals surface area (Å²) in [6.07, 6.45) is 1.81. The van der Waals surface area contributed by atoms with Crippen LogP contribution < -0.4 is 20.1 Å². The second kappa shape index (κ2) is 8.86. The second-order valence-electron chi connectivity index (χ2n) is 5.48. The molecule has 0 aromatic heterocycles. The Morgan fingerprint density at radius 1 is 1.32 bits per heavy atom. The van der Waals surface area contributed by atoms with Gasteiger partial charge in [0.1, 0.15) is 0 Å². The molecule has 22 heavy (non-hydrogen) atoms. The molecule has 5 nitrogen and oxygen atoms in total. The van der Waals surface area contributed by atoms with Gasteiger partial charge in [0, 0.05) is 18.5 Å². The van der Waals surface area contributed by atoms with Crippen LogP contribution in [0.5, 0.6) is 11.5 Å². The van der Waals surface area contributed by atoms with E-state index in [-0.39, 0.29) is 24.2 Å². The number of carbonyl (C=O) groups is 1. The van der Waals surface area contributed by atoms with Gasteiger partial charge in [-0.25, -0.2) is 0 Å². The molecule has 1 aromatic rings. The van der Waals surface area contributed by atoms with E-state index in [0.717, 1.165) is 24.9 Å². The van der Waals surface area contributed by atoms with Crippen LogP contribution in [0.3, 0.4) is 0 Å². The first kappa shape index (κ1) is 18.6. The van der Waals surface area contributed by atoms with Gasteiger partial charge in [0.15, 0.2) is 11.5 Å². The summed E-state index contributed by atoms with van der Waals surface area (Å²) in [4.78, 5) is 12.2. The highest BCUT2D eigenvalue weighted by atomic mass is 35.5. The smallest absolute Gasteiger partial charge is 0.223 e. The van der Waals surface area contributed by atoms with Gasteiger partial charge in [-0.1, -0.05) is 6.07 Å². The van der Waals surface area contributed by atoms with Crippen molar-refractivity contribution in [2.45, 2.75) is 32.4 Å². The molecule has 0 radical (unpaired) electrons. The van der Waals surface area contributed by atoms with Gasteiger partial charge < -0.3 is 20.1 Å². The SMILES string of the molecule is COc1ccc(CNC(=O)[C@H]2CCN[C@@H](C)C2)cc1OC.Cl. The zero-order valence-corrected chi connectivity index (χ0v) is 14.2. The van der Waals surface area contributed by atoms with E-state index in [1.54, 1.807) is 14.2 Å². The summed E-state index contributed by atoms with van der Waals surface area (Å²) in [6, 6.07) is 6.10. The van der Waals surface area contributed by atoms with Crippen molar-refractivity contribution in [1.29, 1.82) is 0 Å². The molecule has 1 heterocycles. The molecule has 2 N–H and O–H groups in total. The monoisotopic (exact) mass is 328 g/mol. The normalized spacial score (nSPS) is 20.7. The lowest BCUT2D eigenvalue weighted by Crippen LogP contribution is -2.42. The molecule has 0 unspecified atom stereocenters. The van der Waals surface area contributed by atoms with E-state index in [1.807, 2.05) is 18.2 Å². The highest BCUT2D eigenvalue weighted by Gasteiger charge is 2.24. The number of hydrogen-bond acceptors (Lipinski definition) is 4. The first-order chi connectivity index (χ1) is 10.1. The lowest BCUT2D eigenvalue weighted by Gasteiger charge is -2.27. The van der Waals surface area contributed by atoms with Gasteiger partial charge in [0.2, 0.25) is 5.91 Å². The molecule has 1 aliphatic heterocycles. The molecule has 2 rings (SSSR count). The lowest BCUT2D eigenvalue weighted by molar-refractivity contribution is -0.126. The fourth-order valence-corrected chi connectivity index (χ4v) is 2.69. The Morgan fingerprint density at radius 2 is 2.05 bits per heavy atom. The number of ether oxygens (including phenoxy) is 2.